The van der Waals surface area contributed by atoms with Crippen LogP contribution in [0.4, 0.5) is 14.9 Å². The highest BCUT2D eigenvalue weighted by Gasteiger charge is 2.37. The summed E-state index contributed by atoms with van der Waals surface area (Å²) in [5.74, 6) is -0.196. The van der Waals surface area contributed by atoms with Crippen LogP contribution in [0, 0.1) is 17.7 Å². The lowest BCUT2D eigenvalue weighted by atomic mass is 10.0. The normalized spacial score (nSPS) is 15.3. The minimum Gasteiger partial charge on any atom is -0.453 e. The lowest BCUT2D eigenvalue weighted by molar-refractivity contribution is -0.138. The van der Waals surface area contributed by atoms with Crippen molar-refractivity contribution in [3.8, 4) is 21.0 Å². The van der Waals surface area contributed by atoms with Gasteiger partial charge in [-0.2, -0.15) is 0 Å². The van der Waals surface area contributed by atoms with Gasteiger partial charge in [0, 0.05) is 29.4 Å². The lowest BCUT2D eigenvalue weighted by Gasteiger charge is -2.30. The van der Waals surface area contributed by atoms with E-state index in [1.54, 1.807) is 11.3 Å². The largest absolute Gasteiger partial charge is 0.453 e. The number of amides is 4. The maximum absolute atomic E-state index is 14.0. The number of carbonyl (C=O) groups is 4. The molecule has 7 rings (SSSR count). The fraction of sp³-hybridized carbons (Fsp3) is 0.349. The van der Waals surface area contributed by atoms with Gasteiger partial charge in [0.25, 0.3) is 0 Å². The standard InChI is InChI=1S/C43H47FN8O5S/c1-23(2)37(46-25(5)53)41(54)51-19-7-8-33(51)40-45-21-32(48-40)35-18-17-34(58-35)27-9-15-30-26(20-27)10-16-31-39(30)49-36(47-31)22-52(29-13-11-28(44)12-14-29)42(55)38(24(3)4)50-43(56)57-6/h9-18,20-21,23-24,33,37-38H,7-8,19,22H2,1-6H3,(H,45,48)(H,46,53)(H,47,49)(H,50,56)/t33-,37?,38?/m0/s1. The molecule has 3 aromatic heterocycles. The summed E-state index contributed by atoms with van der Waals surface area (Å²) in [7, 11) is 1.24. The van der Waals surface area contributed by atoms with E-state index < -0.39 is 29.9 Å². The van der Waals surface area contributed by atoms with Crippen molar-refractivity contribution >= 4 is 62.6 Å². The monoisotopic (exact) mass is 806 g/mol. The van der Waals surface area contributed by atoms with Gasteiger partial charge in [0.15, 0.2) is 0 Å². The molecule has 302 valence electrons. The number of imidazole rings is 2. The summed E-state index contributed by atoms with van der Waals surface area (Å²) < 4.78 is 18.7. The Kier molecular flexibility index (Phi) is 11.6. The molecule has 0 spiro atoms. The van der Waals surface area contributed by atoms with Gasteiger partial charge in [0.2, 0.25) is 17.7 Å². The summed E-state index contributed by atoms with van der Waals surface area (Å²) >= 11 is 1.64. The minimum absolute atomic E-state index is 0.0444. The zero-order chi connectivity index (χ0) is 41.2. The van der Waals surface area contributed by atoms with Crippen LogP contribution in [-0.4, -0.2) is 74.4 Å². The summed E-state index contributed by atoms with van der Waals surface area (Å²) in [6.07, 6.45) is 2.74. The van der Waals surface area contributed by atoms with Crippen LogP contribution in [0.25, 0.3) is 42.8 Å². The van der Waals surface area contributed by atoms with Crippen molar-refractivity contribution in [1.82, 2.24) is 35.5 Å². The number of methoxy groups -OCH3 is 1. The van der Waals surface area contributed by atoms with Crippen LogP contribution < -0.4 is 15.5 Å². The summed E-state index contributed by atoms with van der Waals surface area (Å²) in [4.78, 5) is 73.3. The highest BCUT2D eigenvalue weighted by Crippen LogP contribution is 2.38. The number of aromatic amines is 2. The third-order valence-corrected chi connectivity index (χ3v) is 11.7. The molecule has 0 bridgehead atoms. The Morgan fingerprint density at radius 2 is 1.69 bits per heavy atom. The van der Waals surface area contributed by atoms with Gasteiger partial charge in [-0.3, -0.25) is 14.4 Å². The highest BCUT2D eigenvalue weighted by molar-refractivity contribution is 7.18. The SMILES string of the molecule is COC(=O)NC(C(=O)N(Cc1nc2ccc3cc(-c4ccc(-c5cnc([C@@H]6CCCN6C(=O)C(NC(C)=O)C(C)C)[nH]5)s4)ccc3c2[nH]1)c1ccc(F)cc1)C(C)C. The molecule has 13 nitrogen and oxygen atoms in total. The van der Waals surface area contributed by atoms with Crippen LogP contribution in [0.5, 0.6) is 0 Å². The summed E-state index contributed by atoms with van der Waals surface area (Å²) in [6.45, 7) is 9.60. The first-order valence-electron chi connectivity index (χ1n) is 19.4. The Morgan fingerprint density at radius 3 is 2.40 bits per heavy atom. The van der Waals surface area contributed by atoms with Gasteiger partial charge in [0.1, 0.15) is 29.5 Å². The molecule has 0 radical (unpaired) electrons. The molecule has 4 amide bonds. The highest BCUT2D eigenvalue weighted by atomic mass is 32.1. The molecule has 6 aromatic rings. The number of carbonyl (C=O) groups excluding carboxylic acids is 4. The second-order valence-electron chi connectivity index (χ2n) is 15.3. The minimum atomic E-state index is -0.901. The van der Waals surface area contributed by atoms with Crippen molar-refractivity contribution in [2.45, 2.75) is 72.1 Å². The number of nitrogens with zero attached hydrogens (tertiary/aromatic N) is 4. The van der Waals surface area contributed by atoms with Gasteiger partial charge >= 0.3 is 6.09 Å². The lowest BCUT2D eigenvalue weighted by Crippen LogP contribution is -2.51. The maximum Gasteiger partial charge on any atom is 0.407 e. The fourth-order valence-electron chi connectivity index (χ4n) is 7.52. The Balaban J connectivity index is 1.11. The topological polar surface area (TPSA) is 165 Å². The van der Waals surface area contributed by atoms with E-state index in [4.69, 9.17) is 14.7 Å². The average Bonchev–Trinajstić information content (AvgIpc) is 4.04. The van der Waals surface area contributed by atoms with Gasteiger partial charge in [-0.05, 0) is 84.2 Å². The van der Waals surface area contributed by atoms with Gasteiger partial charge in [-0.15, -0.1) is 11.3 Å². The molecule has 0 saturated carbocycles. The number of anilines is 1. The number of hydrogen-bond donors (Lipinski definition) is 4. The number of halogens is 1. The van der Waals surface area contributed by atoms with Crippen LogP contribution in [-0.2, 0) is 25.7 Å². The van der Waals surface area contributed by atoms with Crippen molar-refractivity contribution in [2.75, 3.05) is 18.6 Å². The van der Waals surface area contributed by atoms with E-state index in [-0.39, 0.29) is 36.2 Å². The van der Waals surface area contributed by atoms with Crippen molar-refractivity contribution in [1.29, 1.82) is 0 Å². The fourth-order valence-corrected chi connectivity index (χ4v) is 8.49. The predicted molar refractivity (Wildman–Crippen MR) is 222 cm³/mol. The number of aromatic nitrogens is 4. The van der Waals surface area contributed by atoms with Crippen molar-refractivity contribution in [3.63, 3.8) is 0 Å². The number of ether oxygens (including phenoxy) is 1. The second-order valence-corrected chi connectivity index (χ2v) is 16.4. The average molecular weight is 807 g/mol. The number of hydrogen-bond acceptors (Lipinski definition) is 8. The molecule has 4 N–H and O–H groups in total. The number of likely N-dealkylation sites (tertiary alicyclic amines) is 1. The molecule has 4 heterocycles. The first-order chi connectivity index (χ1) is 27.8. The number of nitrogens with one attached hydrogen (secondary N) is 4. The molecular weight excluding hydrogens is 760 g/mol. The summed E-state index contributed by atoms with van der Waals surface area (Å²) in [5.41, 5.74) is 3.90. The van der Waals surface area contributed by atoms with Gasteiger partial charge < -0.3 is 35.1 Å². The molecular formula is C43H47FN8O5S. The van der Waals surface area contributed by atoms with Gasteiger partial charge in [0.05, 0.1) is 47.5 Å². The molecule has 0 aliphatic carbocycles. The van der Waals surface area contributed by atoms with E-state index in [1.165, 1.54) is 43.2 Å². The number of thiophene rings is 1. The Hall–Kier alpha value is -6.09. The summed E-state index contributed by atoms with van der Waals surface area (Å²) in [5, 5.41) is 7.42. The van der Waals surface area contributed by atoms with E-state index in [0.29, 0.717) is 18.1 Å². The Labute approximate surface area is 339 Å². The maximum atomic E-state index is 14.0. The van der Waals surface area contributed by atoms with E-state index in [0.717, 1.165) is 61.5 Å². The van der Waals surface area contributed by atoms with Crippen LogP contribution >= 0.6 is 11.3 Å². The Morgan fingerprint density at radius 1 is 0.948 bits per heavy atom. The van der Waals surface area contributed by atoms with E-state index in [9.17, 15) is 23.6 Å². The van der Waals surface area contributed by atoms with Crippen molar-refractivity contribution in [2.24, 2.45) is 11.8 Å². The van der Waals surface area contributed by atoms with Crippen molar-refractivity contribution < 1.29 is 28.3 Å². The van der Waals surface area contributed by atoms with Gasteiger partial charge in [-0.25, -0.2) is 19.2 Å². The zero-order valence-electron chi connectivity index (χ0n) is 33.3. The zero-order valence-corrected chi connectivity index (χ0v) is 34.1. The van der Waals surface area contributed by atoms with Crippen LogP contribution in [0.1, 0.15) is 65.2 Å². The molecule has 1 fully saturated rings. The molecule has 2 unspecified atom stereocenters. The first kappa shape index (κ1) is 40.1. The number of fused-ring (bicyclic) bond motifs is 3. The van der Waals surface area contributed by atoms with Gasteiger partial charge in [-0.1, -0.05) is 45.9 Å². The van der Waals surface area contributed by atoms with E-state index in [1.807, 2.05) is 50.9 Å². The molecule has 3 atom stereocenters. The second kappa shape index (κ2) is 16.8. The molecule has 1 aliphatic rings. The third-order valence-electron chi connectivity index (χ3n) is 10.5. The molecule has 58 heavy (non-hydrogen) atoms. The van der Waals surface area contributed by atoms with Crippen LogP contribution in [0.2, 0.25) is 0 Å². The molecule has 15 heteroatoms. The van der Waals surface area contributed by atoms with E-state index in [2.05, 4.69) is 50.9 Å². The predicted octanol–water partition coefficient (Wildman–Crippen LogP) is 7.71. The third kappa shape index (κ3) is 8.30. The summed E-state index contributed by atoms with van der Waals surface area (Å²) in [6, 6.07) is 18.3. The molecule has 3 aromatic carbocycles. The Bertz CT molecular complexity index is 2470. The van der Waals surface area contributed by atoms with Crippen LogP contribution in [0.3, 0.4) is 0 Å². The van der Waals surface area contributed by atoms with Crippen LogP contribution in [0.15, 0.2) is 72.9 Å². The number of rotatable bonds is 12. The number of alkyl carbamates (subject to hydrolysis) is 1. The number of benzene rings is 3. The first-order valence-corrected chi connectivity index (χ1v) is 20.2. The quantitative estimate of drug-likeness (QED) is 0.0984. The number of H-pyrrole nitrogens is 2. The van der Waals surface area contributed by atoms with E-state index >= 15 is 0 Å². The molecule has 1 saturated heterocycles. The molecule has 1 aliphatic heterocycles. The smallest absolute Gasteiger partial charge is 0.407 e. The van der Waals surface area contributed by atoms with Crippen molar-refractivity contribution in [3.05, 3.63) is 90.4 Å².